The van der Waals surface area contributed by atoms with Gasteiger partial charge in [-0.05, 0) is 67.1 Å². The van der Waals surface area contributed by atoms with E-state index in [2.05, 4.69) is 25.8 Å². The highest BCUT2D eigenvalue weighted by Crippen LogP contribution is 2.38. The van der Waals surface area contributed by atoms with Crippen molar-refractivity contribution in [2.75, 3.05) is 26.2 Å². The Morgan fingerprint density at radius 2 is 1.92 bits per heavy atom. The van der Waals surface area contributed by atoms with E-state index in [4.69, 9.17) is 11.6 Å². The number of carbonyl (C=O) groups excluding carboxylic acids is 1. The van der Waals surface area contributed by atoms with E-state index in [1.165, 1.54) is 18.6 Å². The molecule has 6 rings (SSSR count). The number of benzene rings is 2. The van der Waals surface area contributed by atoms with E-state index in [9.17, 15) is 9.18 Å². The van der Waals surface area contributed by atoms with Gasteiger partial charge < -0.3 is 15.5 Å². The highest BCUT2D eigenvalue weighted by molar-refractivity contribution is 6.42. The van der Waals surface area contributed by atoms with Crippen LogP contribution in [0.25, 0.3) is 16.8 Å². The van der Waals surface area contributed by atoms with E-state index in [0.29, 0.717) is 16.4 Å². The molecule has 8 heteroatoms. The van der Waals surface area contributed by atoms with Gasteiger partial charge >= 0.3 is 0 Å². The Morgan fingerprint density at radius 3 is 2.70 bits per heavy atom. The molecule has 3 aliphatic heterocycles. The van der Waals surface area contributed by atoms with Gasteiger partial charge in [-0.3, -0.25) is 15.1 Å². The SMILES string of the molecule is O=C([C@H]1CCC[C@@H](NC2N=CC(Cl)=C(c3cccc(-c4ccc(F)cc4)c3)N2)C1)N1CC2(CCNC2)C1. The largest absolute Gasteiger partial charge is 0.350 e. The summed E-state index contributed by atoms with van der Waals surface area (Å²) in [5.74, 6) is 0.151. The molecule has 37 heavy (non-hydrogen) atoms. The third-order valence-electron chi connectivity index (χ3n) is 8.30. The van der Waals surface area contributed by atoms with Gasteiger partial charge in [0.25, 0.3) is 0 Å². The Morgan fingerprint density at radius 1 is 1.11 bits per heavy atom. The second-order valence-electron chi connectivity index (χ2n) is 11.0. The first kappa shape index (κ1) is 24.6. The average molecular weight is 522 g/mol. The van der Waals surface area contributed by atoms with Crippen LogP contribution in [0.2, 0.25) is 0 Å². The highest BCUT2D eigenvalue weighted by Gasteiger charge is 2.48. The van der Waals surface area contributed by atoms with Crippen LogP contribution in [0.4, 0.5) is 4.39 Å². The maximum atomic E-state index is 13.4. The van der Waals surface area contributed by atoms with Crippen LogP contribution in [0, 0.1) is 17.2 Å². The number of likely N-dealkylation sites (tertiary alicyclic amines) is 1. The molecule has 1 saturated carbocycles. The lowest BCUT2D eigenvalue weighted by Gasteiger charge is -2.49. The average Bonchev–Trinajstić information content (AvgIpc) is 3.40. The number of carbonyl (C=O) groups is 1. The van der Waals surface area contributed by atoms with Gasteiger partial charge in [0.15, 0.2) is 6.29 Å². The second-order valence-corrected chi connectivity index (χ2v) is 11.4. The van der Waals surface area contributed by atoms with Crippen molar-refractivity contribution in [3.63, 3.8) is 0 Å². The summed E-state index contributed by atoms with van der Waals surface area (Å²) in [4.78, 5) is 19.8. The van der Waals surface area contributed by atoms with Gasteiger partial charge in [-0.1, -0.05) is 48.4 Å². The first-order valence-corrected chi connectivity index (χ1v) is 13.7. The Balaban J connectivity index is 1.08. The summed E-state index contributed by atoms with van der Waals surface area (Å²) < 4.78 is 13.4. The molecule has 2 aromatic rings. The van der Waals surface area contributed by atoms with E-state index >= 15 is 0 Å². The second kappa shape index (κ2) is 10.2. The van der Waals surface area contributed by atoms with Crippen molar-refractivity contribution in [3.8, 4) is 11.1 Å². The lowest BCUT2D eigenvalue weighted by atomic mass is 9.77. The van der Waals surface area contributed by atoms with E-state index < -0.39 is 0 Å². The van der Waals surface area contributed by atoms with Crippen LogP contribution in [0.1, 0.15) is 37.7 Å². The number of allylic oxidation sites excluding steroid dienone is 1. The van der Waals surface area contributed by atoms with Crippen LogP contribution in [-0.4, -0.2) is 55.5 Å². The van der Waals surface area contributed by atoms with Gasteiger partial charge in [0, 0.05) is 43.2 Å². The number of amides is 1. The molecule has 0 radical (unpaired) electrons. The number of rotatable bonds is 5. The van der Waals surface area contributed by atoms with Gasteiger partial charge in [-0.15, -0.1) is 0 Å². The Hall–Kier alpha value is -2.74. The van der Waals surface area contributed by atoms with Crippen molar-refractivity contribution in [1.82, 2.24) is 20.9 Å². The summed E-state index contributed by atoms with van der Waals surface area (Å²) in [6.45, 7) is 3.93. The van der Waals surface area contributed by atoms with Crippen LogP contribution in [-0.2, 0) is 4.79 Å². The molecule has 1 aliphatic carbocycles. The minimum atomic E-state index is -0.317. The first-order valence-electron chi connectivity index (χ1n) is 13.3. The maximum Gasteiger partial charge on any atom is 0.225 e. The van der Waals surface area contributed by atoms with E-state index in [1.807, 2.05) is 24.3 Å². The van der Waals surface area contributed by atoms with Gasteiger partial charge in [0.2, 0.25) is 5.91 Å². The minimum absolute atomic E-state index is 0.0801. The fourth-order valence-corrected chi connectivity index (χ4v) is 6.50. The highest BCUT2D eigenvalue weighted by atomic mass is 35.5. The number of halogens is 2. The summed E-state index contributed by atoms with van der Waals surface area (Å²) in [5, 5.41) is 11.1. The molecule has 3 atom stereocenters. The van der Waals surface area contributed by atoms with E-state index in [1.54, 1.807) is 18.3 Å². The van der Waals surface area contributed by atoms with Crippen molar-refractivity contribution in [2.45, 2.75) is 44.4 Å². The quantitative estimate of drug-likeness (QED) is 0.548. The Labute approximate surface area is 222 Å². The van der Waals surface area contributed by atoms with Gasteiger partial charge in [0.1, 0.15) is 5.82 Å². The molecule has 6 nitrogen and oxygen atoms in total. The van der Waals surface area contributed by atoms with Crippen LogP contribution >= 0.6 is 11.6 Å². The van der Waals surface area contributed by atoms with Gasteiger partial charge in [-0.25, -0.2) is 4.39 Å². The predicted octanol–water partition coefficient (Wildman–Crippen LogP) is 4.33. The van der Waals surface area contributed by atoms with Crippen molar-refractivity contribution in [1.29, 1.82) is 0 Å². The lowest BCUT2D eigenvalue weighted by Crippen LogP contribution is -2.61. The summed E-state index contributed by atoms with van der Waals surface area (Å²) in [6, 6.07) is 14.7. The zero-order valence-electron chi connectivity index (χ0n) is 20.9. The molecular weight excluding hydrogens is 489 g/mol. The standard InChI is InChI=1S/C29H33ClFN5O/c30-25-15-33-28(35-26(25)21-4-1-3-20(13-21)19-7-9-23(31)10-8-19)34-24-6-2-5-22(14-24)27(37)36-17-29(18-36)11-12-32-16-29/h1,3-4,7-10,13,15,22,24,28,32,34-35H,2,5-6,11-12,14,16-18H2/t22-,24+,28?/m0/s1. The fraction of sp³-hybridized carbons (Fsp3) is 0.448. The fourth-order valence-electron chi connectivity index (χ4n) is 6.28. The number of aliphatic imine (C=N–C) groups is 1. The summed E-state index contributed by atoms with van der Waals surface area (Å²) in [5.41, 5.74) is 4.00. The van der Waals surface area contributed by atoms with Crippen LogP contribution in [0.15, 0.2) is 58.6 Å². The lowest BCUT2D eigenvalue weighted by molar-refractivity contribution is -0.148. The van der Waals surface area contributed by atoms with Crippen LogP contribution < -0.4 is 16.0 Å². The number of nitrogens with zero attached hydrogens (tertiary/aromatic N) is 2. The van der Waals surface area contributed by atoms with Crippen LogP contribution in [0.3, 0.4) is 0 Å². The molecule has 0 aromatic heterocycles. The Bertz CT molecular complexity index is 1220. The minimum Gasteiger partial charge on any atom is -0.350 e. The predicted molar refractivity (Wildman–Crippen MR) is 145 cm³/mol. The third kappa shape index (κ3) is 5.17. The van der Waals surface area contributed by atoms with E-state index in [-0.39, 0.29) is 24.1 Å². The molecule has 4 aliphatic rings. The smallest absolute Gasteiger partial charge is 0.225 e. The zero-order chi connectivity index (χ0) is 25.4. The third-order valence-corrected chi connectivity index (χ3v) is 8.59. The summed E-state index contributed by atoms with van der Waals surface area (Å²) in [6.07, 6.45) is 6.42. The first-order chi connectivity index (χ1) is 18.0. The van der Waals surface area contributed by atoms with E-state index in [0.717, 1.165) is 74.2 Å². The molecule has 3 N–H and O–H groups in total. The van der Waals surface area contributed by atoms with Gasteiger partial charge in [0.05, 0.1) is 10.7 Å². The zero-order valence-corrected chi connectivity index (χ0v) is 21.6. The number of hydrogen-bond donors (Lipinski definition) is 3. The van der Waals surface area contributed by atoms with Crippen molar-refractivity contribution >= 4 is 29.4 Å². The molecule has 194 valence electrons. The Kier molecular flexibility index (Phi) is 6.78. The molecule has 3 fully saturated rings. The molecule has 2 aromatic carbocycles. The normalized spacial score (nSPS) is 26.8. The molecule has 1 unspecified atom stereocenters. The van der Waals surface area contributed by atoms with Crippen molar-refractivity contribution < 1.29 is 9.18 Å². The number of hydrogen-bond acceptors (Lipinski definition) is 5. The van der Waals surface area contributed by atoms with Crippen molar-refractivity contribution in [2.24, 2.45) is 16.3 Å². The van der Waals surface area contributed by atoms with Gasteiger partial charge in [-0.2, -0.15) is 0 Å². The molecule has 3 heterocycles. The topological polar surface area (TPSA) is 68.8 Å². The molecule has 0 bridgehead atoms. The van der Waals surface area contributed by atoms with Crippen LogP contribution in [0.5, 0.6) is 0 Å². The molecular formula is C29H33ClFN5O. The molecule has 1 spiro atoms. The monoisotopic (exact) mass is 521 g/mol. The summed E-state index contributed by atoms with van der Waals surface area (Å²) in [7, 11) is 0. The molecule has 2 saturated heterocycles. The maximum absolute atomic E-state index is 13.4. The van der Waals surface area contributed by atoms with Crippen molar-refractivity contribution in [3.05, 3.63) is 64.9 Å². The number of nitrogens with one attached hydrogen (secondary N) is 3. The molecule has 1 amide bonds. The summed E-state index contributed by atoms with van der Waals surface area (Å²) >= 11 is 6.55.